The molecule has 2 aliphatic heterocycles. The maximum Gasteiger partial charge on any atom is 0.261 e. The summed E-state index contributed by atoms with van der Waals surface area (Å²) in [6, 6.07) is 73.4. The van der Waals surface area contributed by atoms with Gasteiger partial charge in [-0.05, 0) is 222 Å². The van der Waals surface area contributed by atoms with Crippen LogP contribution >= 0.6 is 34.3 Å². The zero-order valence-electron chi connectivity index (χ0n) is 90.0. The van der Waals surface area contributed by atoms with Crippen molar-refractivity contribution in [2.45, 2.75) is 253 Å². The SMILES string of the molecule is C#CCNC(=O)CC.CCC(=O)N(CC)CC.CCC(=O)N1Cc2ccccc2C1.CCC(=O)c1cc2ccccc2o1.CCC(=O)c1ccc(C)cc1.CCC(=O)c1ccc(C)s1.CCC(=O)c1cccn1C.CCC1=Nc2ccc(S(=O)(=O)Nc3ccccc3C)cc2C1.CCCc1cccs1.CCc1ccccn1.CCc1nc2cc(C)ccc2o1.CCc1nc2ccc(C)cc2[nH]1.CCc1nc2ccc(Cl)cc2o1. The first kappa shape index (κ1) is 123. The van der Waals surface area contributed by atoms with E-state index < -0.39 is 10.0 Å². The summed E-state index contributed by atoms with van der Waals surface area (Å²) >= 11 is 9.20. The molecule has 0 spiro atoms. The molecule has 8 aromatic heterocycles. The normalized spacial score (nSPS) is 10.9. The molecule has 16 aromatic rings. The van der Waals surface area contributed by atoms with Crippen LogP contribution in [0.25, 0.3) is 44.2 Å². The predicted octanol–water partition coefficient (Wildman–Crippen LogP) is 29.6. The van der Waals surface area contributed by atoms with Crippen LogP contribution in [0.1, 0.15) is 275 Å². The summed E-state index contributed by atoms with van der Waals surface area (Å²) in [6.07, 6.45) is 20.4. The number of Topliss-reactive ketones (excluding diaryl/α,β-unsaturated/α-hetero) is 4. The zero-order valence-corrected chi connectivity index (χ0v) is 93.2. The highest BCUT2D eigenvalue weighted by Gasteiger charge is 2.23. The molecule has 3 N–H and O–H groups in total. The lowest BCUT2D eigenvalue weighted by atomic mass is 10.1. The number of nitrogens with zero attached hydrogens (tertiary/aromatic N) is 8. The van der Waals surface area contributed by atoms with Gasteiger partial charge in [0.1, 0.15) is 22.4 Å². The number of aryl methyl sites for hydroxylation is 11. The van der Waals surface area contributed by atoms with Gasteiger partial charge in [0, 0.05) is 159 Å². The monoisotopic (exact) mass is 2080 g/mol. The lowest BCUT2D eigenvalue weighted by Crippen LogP contribution is -2.29. The number of sulfonamides is 1. The quantitative estimate of drug-likeness (QED) is 0.0374. The standard InChI is InChI=1S/C17H18N2O2S.C11H13NO.C11H10O2.C10H12N2.C10H11NO.C10H12O.C9H8ClNO.C8H11NO.C8H10OS.C7H15NO.C7H9N.C7H10S.C6H9NO/c1-3-14-10-13-11-15(8-9-17(13)18-14)22(20,21)19-16-7-5-4-6-12(16)2;1-2-11(13)12-7-9-5-3-4-6-10(9)8-12;1-2-9(12)11-7-8-5-3-4-6-10(8)13-11;1-3-10-11-8-5-4-7(2)6-9(8)12-10;1-3-10-11-8-6-7(2)4-5-9(8)12-10;1-3-10(11)9-6-4-8(2)5-7-9;1-2-9-11-7-4-3-6(10)5-8(7)12-9;1-3-8(10)7-5-4-6-9(7)2;1-3-7(9)8-5-4-6(2)10-8;1-4-7(9)8(5-2)6-3;1-2-7-5-3-4-6-8-7;1-2-4-7-5-3-6-8-7;1-3-5-7-6(8)4-2/h4-9,11,19H,3,10H2,1-2H3;3-6H,2,7-8H2,1H3;3-7H,2H2,1H3;4-6H,3H2,1-2H3,(H,11,12);4-6H,3H2,1-2H3;4-7H,3H2,1-2H3;3-5H,2H2,1H3;4-6H,3H2,1-2H3;4-5H,3H2,1-2H3;4-6H2,1-3H3;3-6H,2H2,1H3;3,5-6H,2,4H2,1H3;1H,4-5H2,2H3,(H,7,8). The number of anilines is 1. The van der Waals surface area contributed by atoms with Gasteiger partial charge in [-0.3, -0.25) is 48.3 Å². The molecular weight excluding hydrogens is 1930 g/mol. The number of rotatable bonds is 24. The van der Waals surface area contributed by atoms with Crippen LogP contribution in [0, 0.1) is 47.0 Å². The number of H-pyrrole nitrogens is 1. The molecule has 10 heterocycles. The summed E-state index contributed by atoms with van der Waals surface area (Å²) in [5, 5.41) is 6.30. The molecule has 0 fully saturated rings. The smallest absolute Gasteiger partial charge is 0.261 e. The number of amides is 3. The Bertz CT molecular complexity index is 6750. The van der Waals surface area contributed by atoms with Crippen LogP contribution in [0.2, 0.25) is 5.02 Å². The number of imidazole rings is 1. The Morgan fingerprint density at radius 2 is 1.16 bits per heavy atom. The number of benzene rings is 8. The molecule has 8 aromatic carbocycles. The molecule has 27 heteroatoms. The summed E-state index contributed by atoms with van der Waals surface area (Å²) < 4.78 is 45.8. The molecule has 23 nitrogen and oxygen atoms in total. The van der Waals surface area contributed by atoms with Crippen LogP contribution < -0.4 is 10.0 Å². The minimum Gasteiger partial charge on any atom is -0.453 e. The number of nitrogens with one attached hydrogen (secondary N) is 3. The maximum absolute atomic E-state index is 12.6. The van der Waals surface area contributed by atoms with E-state index in [1.807, 2.05) is 287 Å². The Labute approximate surface area is 888 Å². The van der Waals surface area contributed by atoms with Gasteiger partial charge in [0.25, 0.3) is 10.0 Å². The molecule has 148 heavy (non-hydrogen) atoms. The third kappa shape index (κ3) is 41.7. The summed E-state index contributed by atoms with van der Waals surface area (Å²) in [5.41, 5.74) is 20.0. The number of aromatic nitrogens is 6. The highest BCUT2D eigenvalue weighted by molar-refractivity contribution is 7.92. The average molecular weight is 2080 g/mol. The van der Waals surface area contributed by atoms with E-state index in [1.54, 1.807) is 54.7 Å². The van der Waals surface area contributed by atoms with Crippen molar-refractivity contribution in [1.29, 1.82) is 0 Å². The molecule has 2 aliphatic rings. The van der Waals surface area contributed by atoms with Crippen LogP contribution in [-0.2, 0) is 83.1 Å². The van der Waals surface area contributed by atoms with Crippen molar-refractivity contribution in [2.75, 3.05) is 24.4 Å². The van der Waals surface area contributed by atoms with Gasteiger partial charge >= 0.3 is 0 Å². The van der Waals surface area contributed by atoms with E-state index in [0.29, 0.717) is 68.0 Å². The first-order valence-electron chi connectivity index (χ1n) is 50.9. The van der Waals surface area contributed by atoms with Gasteiger partial charge in [0.05, 0.1) is 44.4 Å². The number of fused-ring (bicyclic) bond motifs is 6. The van der Waals surface area contributed by atoms with Gasteiger partial charge in [-0.15, -0.1) is 29.1 Å². The Balaban J connectivity index is 0.000000247. The first-order chi connectivity index (χ1) is 71.1. The Hall–Kier alpha value is -14.1. The fourth-order valence-corrected chi connectivity index (χ4v) is 17.3. The minimum absolute atomic E-state index is 0.00273. The number of thiophene rings is 2. The van der Waals surface area contributed by atoms with Gasteiger partial charge in [-0.2, -0.15) is 0 Å². The number of terminal acetylenes is 1. The molecule has 0 saturated carbocycles. The van der Waals surface area contributed by atoms with Crippen molar-refractivity contribution >= 4 is 146 Å². The van der Waals surface area contributed by atoms with Crippen molar-refractivity contribution < 1.29 is 55.2 Å². The molecule has 0 aliphatic carbocycles. The van der Waals surface area contributed by atoms with Gasteiger partial charge in [0.2, 0.25) is 17.7 Å². The number of aromatic amines is 1. The van der Waals surface area contributed by atoms with E-state index in [-0.39, 0.29) is 45.8 Å². The Kier molecular flexibility index (Phi) is 54.8. The van der Waals surface area contributed by atoms with E-state index >= 15 is 0 Å². The van der Waals surface area contributed by atoms with Crippen LogP contribution in [0.15, 0.2) is 271 Å². The number of carbonyl (C=O) groups is 7. The first-order valence-corrected chi connectivity index (χ1v) is 54.5. The summed E-state index contributed by atoms with van der Waals surface area (Å²) in [7, 11) is -1.70. The molecule has 3 amide bonds. The Morgan fingerprint density at radius 3 is 1.70 bits per heavy atom. The average Bonchev–Trinajstić information content (AvgIpc) is 1.56. The van der Waals surface area contributed by atoms with Crippen LogP contribution in [-0.4, -0.2) is 114 Å². The molecule has 0 bridgehead atoms. The highest BCUT2D eigenvalue weighted by Crippen LogP contribution is 2.32. The third-order valence-electron chi connectivity index (χ3n) is 22.8. The van der Waals surface area contributed by atoms with Gasteiger partial charge in [-0.1, -0.05) is 229 Å². The fourth-order valence-electron chi connectivity index (χ4n) is 14.2. The van der Waals surface area contributed by atoms with Crippen molar-refractivity contribution in [3.05, 3.63) is 347 Å². The van der Waals surface area contributed by atoms with Gasteiger partial charge < -0.3 is 37.9 Å². The summed E-state index contributed by atoms with van der Waals surface area (Å²) in [4.78, 5) is 110. The number of halogens is 1. The topological polar surface area (TPSA) is 308 Å². The molecule has 0 radical (unpaired) electrons. The largest absolute Gasteiger partial charge is 0.453 e. The van der Waals surface area contributed by atoms with Crippen molar-refractivity contribution in [3.63, 3.8) is 0 Å². The van der Waals surface area contributed by atoms with E-state index in [4.69, 9.17) is 31.3 Å². The van der Waals surface area contributed by atoms with Crippen molar-refractivity contribution in [3.8, 4) is 12.3 Å². The van der Waals surface area contributed by atoms with E-state index in [1.165, 1.54) is 50.4 Å². The second-order valence-corrected chi connectivity index (χ2v) is 38.6. The van der Waals surface area contributed by atoms with Crippen molar-refractivity contribution in [2.24, 2.45) is 12.0 Å². The lowest BCUT2D eigenvalue weighted by molar-refractivity contribution is -0.131. The number of hydrogen-bond acceptors (Lipinski definition) is 19. The summed E-state index contributed by atoms with van der Waals surface area (Å²) in [6.45, 7) is 43.2. The summed E-state index contributed by atoms with van der Waals surface area (Å²) in [5.74, 6) is 6.61. The lowest BCUT2D eigenvalue weighted by Gasteiger charge is -2.16. The van der Waals surface area contributed by atoms with Crippen LogP contribution in [0.4, 0.5) is 11.4 Å². The zero-order chi connectivity index (χ0) is 109. The van der Waals surface area contributed by atoms with E-state index in [2.05, 4.69) is 135 Å². The van der Waals surface area contributed by atoms with E-state index in [9.17, 15) is 42.0 Å². The molecule has 0 unspecified atom stereocenters. The number of carbonyl (C=O) groups excluding carboxylic acids is 7. The van der Waals surface area contributed by atoms with Gasteiger partial charge in [-0.25, -0.2) is 23.4 Å². The number of aliphatic imine (C=N–C) groups is 1. The molecule has 0 saturated heterocycles. The maximum atomic E-state index is 12.6. The number of para-hydroxylation sites is 2. The third-order valence-corrected chi connectivity index (χ3v) is 26.4. The number of furan rings is 1. The van der Waals surface area contributed by atoms with E-state index in [0.717, 1.165) is 171 Å². The second-order valence-electron chi connectivity index (χ2n) is 34.1. The second kappa shape index (κ2) is 66.2. The number of oxazole rings is 2. The predicted molar refractivity (Wildman–Crippen MR) is 610 cm³/mol. The Morgan fingerprint density at radius 1 is 0.527 bits per heavy atom. The van der Waals surface area contributed by atoms with Crippen molar-refractivity contribution in [1.82, 2.24) is 44.6 Å². The highest BCUT2D eigenvalue weighted by atomic mass is 35.5. The van der Waals surface area contributed by atoms with Crippen LogP contribution in [0.3, 0.4) is 0 Å². The minimum atomic E-state index is -3.58. The molecule has 18 rings (SSSR count). The number of ketones is 4. The van der Waals surface area contributed by atoms with Gasteiger partial charge in [0.15, 0.2) is 51.8 Å². The number of hydrogen-bond donors (Lipinski definition) is 3. The molecule has 784 valence electrons. The van der Waals surface area contributed by atoms with Crippen LogP contribution in [0.5, 0.6) is 0 Å². The number of pyridine rings is 1. The molecule has 0 atom stereocenters. The molecular formula is C121H148ClN11O12S3. The fraction of sp³-hybridized carbons (Fsp3) is 0.339.